The molecule has 35 heavy (non-hydrogen) atoms. The number of hydrogen-bond acceptors (Lipinski definition) is 7. The Balaban J connectivity index is 1.61. The normalized spacial score (nSPS) is 15.6. The molecule has 5 rings (SSSR count). The maximum absolute atomic E-state index is 14.0. The molecule has 0 aliphatic carbocycles. The number of fused-ring (bicyclic) bond motifs is 2. The molecule has 1 unspecified atom stereocenters. The number of carbonyl (C=O) groups excluding carboxylic acids is 2. The second-order valence-electron chi connectivity index (χ2n) is 8.20. The third-order valence-corrected chi connectivity index (χ3v) is 5.46. The fourth-order valence-corrected chi connectivity index (χ4v) is 3.80. The van der Waals surface area contributed by atoms with E-state index in [2.05, 4.69) is 26.0 Å². The van der Waals surface area contributed by atoms with Crippen molar-refractivity contribution in [2.24, 2.45) is 0 Å². The second-order valence-corrected chi connectivity index (χ2v) is 8.20. The Labute approximate surface area is 199 Å². The van der Waals surface area contributed by atoms with Crippen LogP contribution in [0.15, 0.2) is 48.9 Å². The summed E-state index contributed by atoms with van der Waals surface area (Å²) in [4.78, 5) is 33.0. The molecule has 178 valence electrons. The van der Waals surface area contributed by atoms with Crippen molar-refractivity contribution in [2.45, 2.75) is 26.5 Å². The van der Waals surface area contributed by atoms with Gasteiger partial charge in [-0.3, -0.25) is 9.59 Å². The monoisotopic (exact) mass is 475 g/mol. The minimum absolute atomic E-state index is 0.168. The highest BCUT2D eigenvalue weighted by molar-refractivity contribution is 6.00. The van der Waals surface area contributed by atoms with E-state index in [9.17, 15) is 14.0 Å². The lowest BCUT2D eigenvalue weighted by molar-refractivity contribution is -0.114. The van der Waals surface area contributed by atoms with Crippen molar-refractivity contribution in [2.75, 3.05) is 17.2 Å². The van der Waals surface area contributed by atoms with Crippen LogP contribution < -0.4 is 20.7 Å². The van der Waals surface area contributed by atoms with Crippen LogP contribution in [-0.4, -0.2) is 44.0 Å². The molecule has 3 N–H and O–H groups in total. The number of nitrogens with one attached hydrogen (secondary N) is 3. The summed E-state index contributed by atoms with van der Waals surface area (Å²) in [5, 5.41) is 13.1. The third kappa shape index (κ3) is 4.60. The number of hydrogen-bond donors (Lipinski definition) is 3. The minimum atomic E-state index is -0.491. The average molecular weight is 475 g/mol. The quantitative estimate of drug-likeness (QED) is 0.407. The second kappa shape index (κ2) is 9.01. The van der Waals surface area contributed by atoms with Crippen LogP contribution in [0.2, 0.25) is 0 Å². The van der Waals surface area contributed by atoms with Crippen LogP contribution in [0.3, 0.4) is 0 Å². The summed E-state index contributed by atoms with van der Waals surface area (Å²) in [5.74, 6) is -0.270. The average Bonchev–Trinajstić information content (AvgIpc) is 3.25. The van der Waals surface area contributed by atoms with E-state index in [0.29, 0.717) is 33.8 Å². The number of amides is 2. The maximum atomic E-state index is 14.0. The topological polar surface area (TPSA) is 123 Å². The van der Waals surface area contributed by atoms with Gasteiger partial charge in [-0.1, -0.05) is 12.1 Å². The van der Waals surface area contributed by atoms with Crippen LogP contribution in [0.5, 0.6) is 5.88 Å². The van der Waals surface area contributed by atoms with E-state index in [1.165, 1.54) is 23.7 Å². The molecule has 10 nitrogen and oxygen atoms in total. The number of benzene rings is 1. The van der Waals surface area contributed by atoms with Gasteiger partial charge >= 0.3 is 0 Å². The molecule has 0 saturated carbocycles. The van der Waals surface area contributed by atoms with E-state index >= 15 is 0 Å². The molecule has 1 aliphatic rings. The molecule has 0 fully saturated rings. The Morgan fingerprint density at radius 3 is 2.77 bits per heavy atom. The lowest BCUT2D eigenvalue weighted by Gasteiger charge is -2.17. The summed E-state index contributed by atoms with van der Waals surface area (Å²) in [5.41, 5.74) is 3.33. The Hall–Kier alpha value is -4.54. The Morgan fingerprint density at radius 2 is 2.00 bits per heavy atom. The van der Waals surface area contributed by atoms with Crippen LogP contribution >= 0.6 is 0 Å². The van der Waals surface area contributed by atoms with Gasteiger partial charge in [-0.25, -0.2) is 18.9 Å². The van der Waals surface area contributed by atoms with E-state index in [-0.39, 0.29) is 30.8 Å². The smallest absolute Gasteiger partial charge is 0.256 e. The number of nitrogens with zero attached hydrogens (tertiary/aromatic N) is 4. The molecule has 2 amide bonds. The van der Waals surface area contributed by atoms with Gasteiger partial charge in [0.1, 0.15) is 23.3 Å². The Kier molecular flexibility index (Phi) is 5.73. The van der Waals surface area contributed by atoms with Gasteiger partial charge in [0.25, 0.3) is 5.91 Å². The van der Waals surface area contributed by atoms with Gasteiger partial charge in [-0.15, -0.1) is 0 Å². The van der Waals surface area contributed by atoms with E-state index in [4.69, 9.17) is 9.72 Å². The van der Waals surface area contributed by atoms with Crippen molar-refractivity contribution in [3.63, 3.8) is 0 Å². The van der Waals surface area contributed by atoms with Crippen molar-refractivity contribution in [1.29, 1.82) is 0 Å². The zero-order chi connectivity index (χ0) is 24.5. The Bertz CT molecular complexity index is 1440. The molecule has 11 heteroatoms. The lowest BCUT2D eigenvalue weighted by atomic mass is 10.1. The number of carbonyl (C=O) groups is 2. The molecule has 4 heterocycles. The standard InChI is InChI=1S/C24H22FN7O3/c1-13-8-27-23(34)19-11-29-32-12-20(15-3-5-18(6-4-15)30-14(2)33)21(31-22(19)32)26-9-16-7-17(25)10-28-24(16)35-13/h3-7,10-13H,8-9H2,1-2H3,(H,26,31)(H,27,34)(H,30,33). The molecule has 3 aromatic heterocycles. The van der Waals surface area contributed by atoms with Gasteiger partial charge in [-0.2, -0.15) is 5.10 Å². The summed E-state index contributed by atoms with van der Waals surface area (Å²) < 4.78 is 21.4. The highest BCUT2D eigenvalue weighted by Crippen LogP contribution is 2.30. The van der Waals surface area contributed by atoms with Crippen LogP contribution in [0.25, 0.3) is 16.8 Å². The van der Waals surface area contributed by atoms with Crippen LogP contribution in [0.1, 0.15) is 29.8 Å². The molecule has 0 saturated heterocycles. The number of anilines is 2. The minimum Gasteiger partial charge on any atom is -0.473 e. The van der Waals surface area contributed by atoms with E-state index in [0.717, 1.165) is 11.8 Å². The number of pyridine rings is 1. The van der Waals surface area contributed by atoms with E-state index < -0.39 is 11.9 Å². The first-order chi connectivity index (χ1) is 16.9. The van der Waals surface area contributed by atoms with Crippen LogP contribution in [-0.2, 0) is 11.3 Å². The van der Waals surface area contributed by atoms with E-state index in [1.54, 1.807) is 25.3 Å². The molecule has 1 atom stereocenters. The first-order valence-corrected chi connectivity index (χ1v) is 11.0. The summed E-state index contributed by atoms with van der Waals surface area (Å²) in [6, 6.07) is 8.58. The van der Waals surface area contributed by atoms with Crippen LogP contribution in [0.4, 0.5) is 15.9 Å². The first kappa shape index (κ1) is 22.3. The summed E-state index contributed by atoms with van der Waals surface area (Å²) in [6.07, 6.45) is 3.91. The number of ether oxygens (including phenoxy) is 1. The number of halogens is 1. The van der Waals surface area contributed by atoms with Crippen molar-refractivity contribution in [3.8, 4) is 17.0 Å². The van der Waals surface area contributed by atoms with Crippen molar-refractivity contribution >= 4 is 29.0 Å². The van der Waals surface area contributed by atoms with Gasteiger partial charge in [-0.05, 0) is 30.7 Å². The van der Waals surface area contributed by atoms with E-state index in [1.807, 2.05) is 12.1 Å². The fraction of sp³-hybridized carbons (Fsp3) is 0.208. The number of aromatic nitrogens is 4. The summed E-state index contributed by atoms with van der Waals surface area (Å²) >= 11 is 0. The molecule has 4 aromatic rings. The molecule has 0 radical (unpaired) electrons. The molecule has 1 aliphatic heterocycles. The zero-order valence-corrected chi connectivity index (χ0v) is 19.0. The third-order valence-electron chi connectivity index (χ3n) is 5.46. The largest absolute Gasteiger partial charge is 0.473 e. The maximum Gasteiger partial charge on any atom is 0.256 e. The SMILES string of the molecule is CC(=O)Nc1ccc(-c2cn3ncc4c3nc2NCc2cc(F)cnc2OC(C)CNC4=O)cc1. The fourth-order valence-electron chi connectivity index (χ4n) is 3.80. The summed E-state index contributed by atoms with van der Waals surface area (Å²) in [6.45, 7) is 3.62. The molecular formula is C24H22FN7O3. The molecule has 2 bridgehead atoms. The van der Waals surface area contributed by atoms with Gasteiger partial charge in [0.2, 0.25) is 11.8 Å². The Morgan fingerprint density at radius 1 is 1.20 bits per heavy atom. The van der Waals surface area contributed by atoms with Crippen molar-refractivity contribution in [1.82, 2.24) is 24.9 Å². The van der Waals surface area contributed by atoms with Gasteiger partial charge in [0.05, 0.1) is 18.9 Å². The molecular weight excluding hydrogens is 453 g/mol. The predicted molar refractivity (Wildman–Crippen MR) is 127 cm³/mol. The molecule has 0 spiro atoms. The predicted octanol–water partition coefficient (Wildman–Crippen LogP) is 3.01. The van der Waals surface area contributed by atoms with Gasteiger partial charge in [0, 0.05) is 36.5 Å². The summed E-state index contributed by atoms with van der Waals surface area (Å²) in [7, 11) is 0. The lowest BCUT2D eigenvalue weighted by Crippen LogP contribution is -2.33. The molecule has 1 aromatic carbocycles. The van der Waals surface area contributed by atoms with Gasteiger partial charge in [0.15, 0.2) is 5.65 Å². The first-order valence-electron chi connectivity index (χ1n) is 11.0. The van der Waals surface area contributed by atoms with Crippen LogP contribution in [0, 0.1) is 5.82 Å². The van der Waals surface area contributed by atoms with Crippen molar-refractivity contribution in [3.05, 3.63) is 65.9 Å². The number of rotatable bonds is 2. The van der Waals surface area contributed by atoms with Crippen molar-refractivity contribution < 1.29 is 18.7 Å². The van der Waals surface area contributed by atoms with Gasteiger partial charge < -0.3 is 20.7 Å². The highest BCUT2D eigenvalue weighted by atomic mass is 19.1. The highest BCUT2D eigenvalue weighted by Gasteiger charge is 2.20. The zero-order valence-electron chi connectivity index (χ0n) is 19.0.